The monoisotopic (exact) mass is 593 g/mol. The van der Waals surface area contributed by atoms with Gasteiger partial charge in [-0.3, -0.25) is 0 Å². The lowest BCUT2D eigenvalue weighted by Crippen LogP contribution is -2.22. The van der Waals surface area contributed by atoms with Gasteiger partial charge in [-0.05, 0) is 85.7 Å². The number of aliphatic carboxylic acids is 1. The van der Waals surface area contributed by atoms with Gasteiger partial charge in [-0.2, -0.15) is 0 Å². The maximum atomic E-state index is 10.2. The number of rotatable bonds is 19. The molecule has 234 valence electrons. The minimum Gasteiger partial charge on any atom is -0.508 e. The van der Waals surface area contributed by atoms with Gasteiger partial charge in [0.2, 0.25) is 0 Å². The summed E-state index contributed by atoms with van der Waals surface area (Å²) in [6.45, 7) is 2.77. The molecule has 1 atom stereocenters. The van der Waals surface area contributed by atoms with Crippen LogP contribution in [0.4, 0.5) is 0 Å². The fraction of sp³-hybridized carbons (Fsp3) is 0.400. The molecule has 0 amide bonds. The number of methoxy groups -OCH3 is 1. The molecule has 0 aliphatic rings. The lowest BCUT2D eigenvalue weighted by atomic mass is 10.1. The van der Waals surface area contributed by atoms with Crippen LogP contribution >= 0.6 is 0 Å². The number of benzene rings is 3. The Kier molecular flexibility index (Phi) is 18.1. The molecule has 5 N–H and O–H groups in total. The minimum atomic E-state index is -0.948. The molecule has 0 saturated carbocycles. The average molecular weight is 594 g/mol. The Morgan fingerprint density at radius 2 is 1.60 bits per heavy atom. The topological polar surface area (TPSA) is 128 Å². The largest absolute Gasteiger partial charge is 0.508 e. The summed E-state index contributed by atoms with van der Waals surface area (Å²) < 4.78 is 10.7. The van der Waals surface area contributed by atoms with Gasteiger partial charge in [-0.25, -0.2) is 4.79 Å². The first kappa shape index (κ1) is 35.5. The second kappa shape index (κ2) is 21.9. The summed E-state index contributed by atoms with van der Waals surface area (Å²) in [6, 6.07) is 22.6. The van der Waals surface area contributed by atoms with Crippen molar-refractivity contribution in [2.24, 2.45) is 0 Å². The third-order valence-electron chi connectivity index (χ3n) is 6.77. The van der Waals surface area contributed by atoms with Crippen LogP contribution in [0.3, 0.4) is 0 Å². The zero-order valence-corrected chi connectivity index (χ0v) is 25.2. The van der Waals surface area contributed by atoms with Gasteiger partial charge in [0.15, 0.2) is 0 Å². The lowest BCUT2D eigenvalue weighted by Gasteiger charge is -2.14. The minimum absolute atomic E-state index is 0.0533. The van der Waals surface area contributed by atoms with Crippen LogP contribution in [0, 0.1) is 0 Å². The number of carboxylic acids is 1. The van der Waals surface area contributed by atoms with Crippen LogP contribution in [0.1, 0.15) is 66.9 Å². The van der Waals surface area contributed by atoms with E-state index in [-0.39, 0.29) is 12.4 Å². The van der Waals surface area contributed by atoms with E-state index in [9.17, 15) is 20.1 Å². The molecule has 0 aliphatic carbocycles. The number of ether oxygens (including phenoxy) is 2. The molecule has 43 heavy (non-hydrogen) atoms. The summed E-state index contributed by atoms with van der Waals surface area (Å²) in [5.74, 6) is -0.138. The summed E-state index contributed by atoms with van der Waals surface area (Å²) >= 11 is 0. The number of phenols is 1. The van der Waals surface area contributed by atoms with Crippen molar-refractivity contribution in [1.82, 2.24) is 5.32 Å². The summed E-state index contributed by atoms with van der Waals surface area (Å²) in [4.78, 5) is 10.2. The van der Waals surface area contributed by atoms with E-state index in [0.29, 0.717) is 17.7 Å². The molecular weight excluding hydrogens is 546 g/mol. The Bertz CT molecular complexity index is 1180. The highest BCUT2D eigenvalue weighted by molar-refractivity contribution is 5.85. The van der Waals surface area contributed by atoms with Gasteiger partial charge >= 0.3 is 5.97 Å². The van der Waals surface area contributed by atoms with Crippen LogP contribution in [0.25, 0.3) is 6.08 Å². The third kappa shape index (κ3) is 15.9. The summed E-state index contributed by atoms with van der Waals surface area (Å²) in [7, 11) is 1.59. The van der Waals surface area contributed by atoms with Crippen LogP contribution < -0.4 is 10.1 Å². The maximum absolute atomic E-state index is 10.2. The fourth-order valence-electron chi connectivity index (χ4n) is 4.27. The molecule has 0 aromatic heterocycles. The predicted octanol–water partition coefficient (Wildman–Crippen LogP) is 5.90. The number of hydrogen-bond acceptors (Lipinski definition) is 7. The molecule has 0 spiro atoms. The standard InChI is InChI=1S/C25H37NO4.C10H10O3/c27-20-23-18-22(13-14-24(23)28)25(29)19-26-15-7-1-2-8-16-30-17-9-6-12-21-10-4-3-5-11-21;1-13-9-5-2-8(3-6-9)4-7-10(11)12/h3-5,10-11,13-14,18,25-29H,1-2,6-9,12,15-17,19-20H2;2-7H,1H3,(H,11,12)/b;7-4+. The first-order valence-corrected chi connectivity index (χ1v) is 14.9. The van der Waals surface area contributed by atoms with Gasteiger partial charge in [0, 0.05) is 31.4 Å². The van der Waals surface area contributed by atoms with Crippen molar-refractivity contribution >= 4 is 12.0 Å². The van der Waals surface area contributed by atoms with Crippen molar-refractivity contribution in [2.45, 2.75) is 57.7 Å². The Labute approximate surface area is 255 Å². The summed E-state index contributed by atoms with van der Waals surface area (Å²) in [6.07, 6.45) is 9.87. The van der Waals surface area contributed by atoms with Gasteiger partial charge in [0.25, 0.3) is 0 Å². The van der Waals surface area contributed by atoms with E-state index in [0.717, 1.165) is 75.7 Å². The van der Waals surface area contributed by atoms with Crippen molar-refractivity contribution in [1.29, 1.82) is 0 Å². The summed E-state index contributed by atoms with van der Waals surface area (Å²) in [5, 5.41) is 40.6. The second-order valence-corrected chi connectivity index (χ2v) is 10.2. The van der Waals surface area contributed by atoms with E-state index < -0.39 is 12.1 Å². The quantitative estimate of drug-likeness (QED) is 0.0859. The van der Waals surface area contributed by atoms with Gasteiger partial charge in [0.05, 0.1) is 19.8 Å². The number of aliphatic hydroxyl groups excluding tert-OH is 2. The van der Waals surface area contributed by atoms with Crippen LogP contribution in [0.15, 0.2) is 78.9 Å². The smallest absolute Gasteiger partial charge is 0.328 e. The first-order chi connectivity index (χ1) is 20.9. The van der Waals surface area contributed by atoms with Crippen molar-refractivity contribution < 1.29 is 34.7 Å². The zero-order valence-electron chi connectivity index (χ0n) is 25.2. The van der Waals surface area contributed by atoms with E-state index >= 15 is 0 Å². The molecule has 8 nitrogen and oxygen atoms in total. The number of aliphatic hydroxyl groups is 2. The van der Waals surface area contributed by atoms with Crippen LogP contribution in [0.2, 0.25) is 0 Å². The third-order valence-corrected chi connectivity index (χ3v) is 6.77. The first-order valence-electron chi connectivity index (χ1n) is 14.9. The van der Waals surface area contributed by atoms with E-state index in [4.69, 9.17) is 14.6 Å². The van der Waals surface area contributed by atoms with Crippen LogP contribution in [-0.2, 0) is 22.6 Å². The highest BCUT2D eigenvalue weighted by atomic mass is 16.5. The number of carbonyl (C=O) groups is 1. The van der Waals surface area contributed by atoms with E-state index in [1.165, 1.54) is 24.1 Å². The van der Waals surface area contributed by atoms with Crippen molar-refractivity contribution in [3.05, 3.63) is 101 Å². The molecule has 0 fully saturated rings. The van der Waals surface area contributed by atoms with Crippen LogP contribution in [-0.4, -0.2) is 59.8 Å². The van der Waals surface area contributed by atoms with Crippen molar-refractivity contribution in [3.8, 4) is 11.5 Å². The highest BCUT2D eigenvalue weighted by Crippen LogP contribution is 2.22. The molecule has 0 heterocycles. The number of nitrogens with one attached hydrogen (secondary N) is 1. The molecule has 0 saturated heterocycles. The zero-order chi connectivity index (χ0) is 31.1. The van der Waals surface area contributed by atoms with E-state index in [1.807, 2.05) is 0 Å². The second-order valence-electron chi connectivity index (χ2n) is 10.2. The number of carboxylic acid groups (broad SMARTS) is 1. The Hall–Kier alpha value is -3.69. The number of aromatic hydroxyl groups is 1. The van der Waals surface area contributed by atoms with Gasteiger partial charge in [-0.15, -0.1) is 0 Å². The SMILES string of the molecule is COc1ccc(/C=C/C(=O)O)cc1.OCc1cc(C(O)CNCCCCCCOCCCCc2ccccc2)ccc1O. The van der Waals surface area contributed by atoms with E-state index in [1.54, 1.807) is 43.5 Å². The molecule has 3 aromatic carbocycles. The lowest BCUT2D eigenvalue weighted by molar-refractivity contribution is -0.131. The molecule has 0 bridgehead atoms. The predicted molar refractivity (Wildman–Crippen MR) is 170 cm³/mol. The fourth-order valence-corrected chi connectivity index (χ4v) is 4.27. The van der Waals surface area contributed by atoms with Crippen molar-refractivity contribution in [3.63, 3.8) is 0 Å². The van der Waals surface area contributed by atoms with Gasteiger partial charge in [-0.1, -0.05) is 61.4 Å². The maximum Gasteiger partial charge on any atom is 0.328 e. The highest BCUT2D eigenvalue weighted by Gasteiger charge is 2.09. The molecule has 3 rings (SSSR count). The molecule has 0 radical (unpaired) electrons. The Balaban J connectivity index is 0.000000413. The Morgan fingerprint density at radius 3 is 2.28 bits per heavy atom. The molecule has 0 aliphatic heterocycles. The number of unbranched alkanes of at least 4 members (excludes halogenated alkanes) is 4. The normalized spacial score (nSPS) is 11.6. The van der Waals surface area contributed by atoms with Gasteiger partial charge in [0.1, 0.15) is 11.5 Å². The van der Waals surface area contributed by atoms with E-state index in [2.05, 4.69) is 35.6 Å². The van der Waals surface area contributed by atoms with Crippen molar-refractivity contribution in [2.75, 3.05) is 33.4 Å². The molecule has 1 unspecified atom stereocenters. The van der Waals surface area contributed by atoms with Gasteiger partial charge < -0.3 is 35.2 Å². The molecule has 8 heteroatoms. The summed E-state index contributed by atoms with van der Waals surface area (Å²) in [5.41, 5.74) is 3.37. The average Bonchev–Trinajstić information content (AvgIpc) is 3.03. The van der Waals surface area contributed by atoms with Crippen LogP contribution in [0.5, 0.6) is 11.5 Å². The molecule has 3 aromatic rings. The number of hydrogen-bond donors (Lipinski definition) is 5. The number of aryl methyl sites for hydroxylation is 1. The molecular formula is C35H47NO7. The Morgan fingerprint density at radius 1 is 0.907 bits per heavy atom.